The van der Waals surface area contributed by atoms with Crippen LogP contribution in [0.15, 0.2) is 29.6 Å². The molecule has 2 fully saturated rings. The molecule has 1 aromatic carbocycles. The summed E-state index contributed by atoms with van der Waals surface area (Å²) in [6, 6.07) is 8.83. The highest BCUT2D eigenvalue weighted by molar-refractivity contribution is 7.13. The lowest BCUT2D eigenvalue weighted by Gasteiger charge is -2.33. The van der Waals surface area contributed by atoms with Crippen molar-refractivity contribution in [3.63, 3.8) is 0 Å². The molecule has 0 N–H and O–H groups in total. The lowest BCUT2D eigenvalue weighted by molar-refractivity contribution is 0.0633. The Bertz CT molecular complexity index is 736. The number of benzene rings is 1. The van der Waals surface area contributed by atoms with Gasteiger partial charge < -0.3 is 4.90 Å². The Kier molecular flexibility index (Phi) is 4.17. The van der Waals surface area contributed by atoms with E-state index in [-0.39, 0.29) is 5.91 Å². The third-order valence-corrected chi connectivity index (χ3v) is 6.59. The van der Waals surface area contributed by atoms with Crippen LogP contribution in [-0.4, -0.2) is 27.9 Å². The summed E-state index contributed by atoms with van der Waals surface area (Å²) in [7, 11) is 0. The Hall–Kier alpha value is -1.68. The minimum atomic E-state index is 0.207. The number of carbonyl (C=O) groups excluding carboxylic acids is 1. The van der Waals surface area contributed by atoms with E-state index in [2.05, 4.69) is 22.2 Å². The Labute approximate surface area is 147 Å². The van der Waals surface area contributed by atoms with Gasteiger partial charge in [0.05, 0.1) is 0 Å². The molecule has 4 rings (SSSR count). The normalized spacial score (nSPS) is 26.4. The zero-order valence-electron chi connectivity index (χ0n) is 14.4. The van der Waals surface area contributed by atoms with Gasteiger partial charge in [-0.3, -0.25) is 4.79 Å². The van der Waals surface area contributed by atoms with E-state index in [0.29, 0.717) is 12.1 Å². The number of rotatable bonds is 2. The molecule has 126 valence electrons. The van der Waals surface area contributed by atoms with Crippen LogP contribution in [0.2, 0.25) is 0 Å². The van der Waals surface area contributed by atoms with Gasteiger partial charge in [-0.15, -0.1) is 11.3 Å². The topological polar surface area (TPSA) is 33.2 Å². The van der Waals surface area contributed by atoms with Crippen LogP contribution < -0.4 is 0 Å². The number of nitrogens with zero attached hydrogens (tertiary/aromatic N) is 2. The molecule has 24 heavy (non-hydrogen) atoms. The van der Waals surface area contributed by atoms with Crippen LogP contribution >= 0.6 is 11.3 Å². The maximum Gasteiger partial charge on any atom is 0.254 e. The molecule has 0 spiro atoms. The second-order valence-corrected chi connectivity index (χ2v) is 8.14. The molecule has 2 aliphatic rings. The van der Waals surface area contributed by atoms with Crippen LogP contribution in [0, 0.1) is 12.8 Å². The maximum absolute atomic E-state index is 13.1. The van der Waals surface area contributed by atoms with Crippen LogP contribution in [0.3, 0.4) is 0 Å². The van der Waals surface area contributed by atoms with Crippen LogP contribution in [0.1, 0.15) is 55.1 Å². The molecule has 0 radical (unpaired) electrons. The highest BCUT2D eigenvalue weighted by atomic mass is 32.1. The highest BCUT2D eigenvalue weighted by Gasteiger charge is 2.42. The van der Waals surface area contributed by atoms with Crippen LogP contribution in [0.4, 0.5) is 0 Å². The summed E-state index contributed by atoms with van der Waals surface area (Å²) in [4.78, 5) is 19.8. The van der Waals surface area contributed by atoms with Crippen molar-refractivity contribution < 1.29 is 4.79 Å². The Balaban J connectivity index is 1.56. The molecule has 1 amide bonds. The lowest BCUT2D eigenvalue weighted by atomic mass is 9.85. The van der Waals surface area contributed by atoms with E-state index in [1.54, 1.807) is 11.3 Å². The van der Waals surface area contributed by atoms with Crippen molar-refractivity contribution >= 4 is 17.2 Å². The summed E-state index contributed by atoms with van der Waals surface area (Å²) in [6.07, 6.45) is 6.24. The van der Waals surface area contributed by atoms with Gasteiger partial charge in [-0.05, 0) is 51.2 Å². The van der Waals surface area contributed by atoms with Gasteiger partial charge in [0.25, 0.3) is 5.91 Å². The summed E-state index contributed by atoms with van der Waals surface area (Å²) >= 11 is 1.65. The van der Waals surface area contributed by atoms with E-state index in [0.717, 1.165) is 27.7 Å². The monoisotopic (exact) mass is 340 g/mol. The summed E-state index contributed by atoms with van der Waals surface area (Å²) < 4.78 is 0. The predicted molar refractivity (Wildman–Crippen MR) is 98.3 cm³/mol. The minimum absolute atomic E-state index is 0.207. The van der Waals surface area contributed by atoms with Gasteiger partial charge in [-0.2, -0.15) is 0 Å². The summed E-state index contributed by atoms with van der Waals surface area (Å²) in [6.45, 7) is 4.22. The van der Waals surface area contributed by atoms with E-state index in [4.69, 9.17) is 0 Å². The molecule has 3 nitrogen and oxygen atoms in total. The van der Waals surface area contributed by atoms with Gasteiger partial charge in [0.2, 0.25) is 0 Å². The molecule has 1 aromatic heterocycles. The second-order valence-electron chi connectivity index (χ2n) is 7.28. The van der Waals surface area contributed by atoms with Gasteiger partial charge in [0.15, 0.2) is 0 Å². The van der Waals surface area contributed by atoms with Crippen LogP contribution in [0.5, 0.6) is 0 Å². The molecule has 1 aliphatic carbocycles. The van der Waals surface area contributed by atoms with Gasteiger partial charge >= 0.3 is 0 Å². The molecule has 1 aliphatic heterocycles. The fraction of sp³-hybridized carbons (Fsp3) is 0.500. The smallest absolute Gasteiger partial charge is 0.254 e. The van der Waals surface area contributed by atoms with Gasteiger partial charge in [0.1, 0.15) is 5.01 Å². The van der Waals surface area contributed by atoms with Gasteiger partial charge in [0, 0.05) is 34.3 Å². The first-order chi connectivity index (χ1) is 11.6. The van der Waals surface area contributed by atoms with Crippen molar-refractivity contribution in [3.8, 4) is 10.6 Å². The second kappa shape index (κ2) is 6.32. The number of fused-ring (bicyclic) bond motifs is 1. The number of likely N-dealkylation sites (tertiary alicyclic amines) is 1. The fourth-order valence-corrected chi connectivity index (χ4v) is 5.25. The average molecular weight is 340 g/mol. The number of carbonyl (C=O) groups is 1. The number of hydrogen-bond acceptors (Lipinski definition) is 3. The molecule has 2 heterocycles. The van der Waals surface area contributed by atoms with Crippen molar-refractivity contribution in [2.75, 3.05) is 0 Å². The molecule has 3 unspecified atom stereocenters. The zero-order chi connectivity index (χ0) is 16.7. The van der Waals surface area contributed by atoms with Crippen molar-refractivity contribution in [2.24, 2.45) is 5.92 Å². The average Bonchev–Trinajstić information content (AvgIpc) is 3.17. The first-order valence-electron chi connectivity index (χ1n) is 8.98. The quantitative estimate of drug-likeness (QED) is 0.778. The SMILES string of the molecule is Cc1csc(-c2ccc(C(=O)N3C(C)CC4CCCCC43)cc2)n1. The van der Waals surface area contributed by atoms with E-state index < -0.39 is 0 Å². The largest absolute Gasteiger partial charge is 0.333 e. The summed E-state index contributed by atoms with van der Waals surface area (Å²) in [5.74, 6) is 0.925. The zero-order valence-corrected chi connectivity index (χ0v) is 15.2. The van der Waals surface area contributed by atoms with Crippen molar-refractivity contribution in [2.45, 2.75) is 58.0 Å². The molecular formula is C20H24N2OS. The van der Waals surface area contributed by atoms with E-state index in [1.165, 1.54) is 32.1 Å². The van der Waals surface area contributed by atoms with Gasteiger partial charge in [-0.25, -0.2) is 4.98 Å². The van der Waals surface area contributed by atoms with Crippen LogP contribution in [0.25, 0.3) is 10.6 Å². The number of amides is 1. The maximum atomic E-state index is 13.1. The number of aromatic nitrogens is 1. The summed E-state index contributed by atoms with van der Waals surface area (Å²) in [5.41, 5.74) is 2.95. The Morgan fingerprint density at radius 1 is 1.21 bits per heavy atom. The predicted octanol–water partition coefficient (Wildman–Crippen LogP) is 4.91. The van der Waals surface area contributed by atoms with Crippen molar-refractivity contribution in [1.29, 1.82) is 0 Å². The minimum Gasteiger partial charge on any atom is -0.333 e. The number of thiazole rings is 1. The molecular weight excluding hydrogens is 316 g/mol. The van der Waals surface area contributed by atoms with E-state index in [1.807, 2.05) is 31.2 Å². The fourth-order valence-electron chi connectivity index (χ4n) is 4.45. The molecule has 3 atom stereocenters. The first kappa shape index (κ1) is 15.8. The first-order valence-corrected chi connectivity index (χ1v) is 9.86. The Morgan fingerprint density at radius 2 is 1.96 bits per heavy atom. The van der Waals surface area contributed by atoms with Crippen molar-refractivity contribution in [1.82, 2.24) is 9.88 Å². The molecule has 0 bridgehead atoms. The molecule has 2 aromatic rings. The lowest BCUT2D eigenvalue weighted by Crippen LogP contribution is -2.42. The van der Waals surface area contributed by atoms with Crippen LogP contribution in [-0.2, 0) is 0 Å². The van der Waals surface area contributed by atoms with E-state index >= 15 is 0 Å². The molecule has 1 saturated carbocycles. The van der Waals surface area contributed by atoms with Crippen molar-refractivity contribution in [3.05, 3.63) is 40.9 Å². The standard InChI is InChI=1S/C20H24N2OS/c1-13-12-24-19(21-13)15-7-9-16(10-8-15)20(23)22-14(2)11-17-5-3-4-6-18(17)22/h7-10,12,14,17-18H,3-6,11H2,1-2H3. The Morgan fingerprint density at radius 3 is 2.67 bits per heavy atom. The summed E-state index contributed by atoms with van der Waals surface area (Å²) in [5, 5.41) is 3.08. The van der Waals surface area contributed by atoms with Gasteiger partial charge in [-0.1, -0.05) is 25.0 Å². The third kappa shape index (κ3) is 2.77. The molecule has 4 heteroatoms. The number of hydrogen-bond donors (Lipinski definition) is 0. The highest BCUT2D eigenvalue weighted by Crippen LogP contribution is 2.40. The third-order valence-electron chi connectivity index (χ3n) is 5.58. The number of aryl methyl sites for hydroxylation is 1. The molecule has 1 saturated heterocycles. The van der Waals surface area contributed by atoms with E-state index in [9.17, 15) is 4.79 Å².